The molecule has 0 saturated carbocycles. The molecule has 0 spiro atoms. The summed E-state index contributed by atoms with van der Waals surface area (Å²) in [6, 6.07) is 53.3. The topological polar surface area (TPSA) is 21.9 Å². The Morgan fingerprint density at radius 2 is 0.708 bits per heavy atom. The molecule has 0 saturated heterocycles. The molecule has 11 rings (SSSR count). The number of benzene rings is 8. The van der Waals surface area contributed by atoms with Crippen molar-refractivity contribution < 1.29 is 0 Å². The van der Waals surface area contributed by atoms with E-state index < -0.39 is 0 Å². The minimum absolute atomic E-state index is 0.701. The minimum Gasteiger partial charge on any atom is -0.366 e. The van der Waals surface area contributed by atoms with Crippen LogP contribution in [0.5, 0.6) is 0 Å². The van der Waals surface area contributed by atoms with Crippen LogP contribution in [-0.2, 0) is 0 Å². The van der Waals surface area contributed by atoms with Gasteiger partial charge >= 0.3 is 0 Å². The molecule has 3 nitrogen and oxygen atoms in total. The molecule has 1 aliphatic heterocycles. The zero-order chi connectivity index (χ0) is 31.3. The Labute approximate surface area is 276 Å². The Hall–Kier alpha value is -6.32. The van der Waals surface area contributed by atoms with Crippen molar-refractivity contribution in [2.24, 2.45) is 0 Å². The maximum Gasteiger partial charge on any atom is 0.111 e. The molecule has 0 aliphatic carbocycles. The van der Waals surface area contributed by atoms with Gasteiger partial charge in [0.25, 0.3) is 0 Å². The summed E-state index contributed by atoms with van der Waals surface area (Å²) in [4.78, 5) is 0. The monoisotopic (exact) mass is 611 g/mol. The fraction of sp³-hybridized carbons (Fsp3) is 0.0222. The van der Waals surface area contributed by atoms with Crippen molar-refractivity contribution in [2.45, 2.75) is 0 Å². The lowest BCUT2D eigenvalue weighted by atomic mass is 10.00. The number of rotatable bonds is 2. The quantitative estimate of drug-likeness (QED) is 0.206. The highest BCUT2D eigenvalue weighted by Crippen LogP contribution is 2.42. The van der Waals surface area contributed by atoms with Gasteiger partial charge in [0.2, 0.25) is 0 Å². The summed E-state index contributed by atoms with van der Waals surface area (Å²) in [5, 5.41) is 19.3. The van der Waals surface area contributed by atoms with E-state index in [0.29, 0.717) is 6.54 Å². The van der Waals surface area contributed by atoms with Crippen LogP contribution in [0, 0.1) is 0 Å². The second-order valence-corrected chi connectivity index (χ2v) is 13.0. The molecule has 10 aromatic rings. The molecule has 48 heavy (non-hydrogen) atoms. The zero-order valence-electron chi connectivity index (χ0n) is 26.1. The van der Waals surface area contributed by atoms with Crippen molar-refractivity contribution in [3.8, 4) is 0 Å². The Morgan fingerprint density at radius 1 is 0.354 bits per heavy atom. The van der Waals surface area contributed by atoms with Gasteiger partial charge in [-0.1, -0.05) is 121 Å². The lowest BCUT2D eigenvalue weighted by Crippen LogP contribution is -2.24. The normalized spacial score (nSPS) is 13.8. The number of hydrogen-bond donors (Lipinski definition) is 1. The van der Waals surface area contributed by atoms with Gasteiger partial charge < -0.3 is 9.88 Å². The van der Waals surface area contributed by atoms with Crippen LogP contribution in [-0.4, -0.2) is 15.7 Å². The van der Waals surface area contributed by atoms with Gasteiger partial charge in [-0.25, -0.2) is 0 Å². The smallest absolute Gasteiger partial charge is 0.111 e. The average molecular weight is 612 g/mol. The van der Waals surface area contributed by atoms with E-state index in [0.717, 1.165) is 5.82 Å². The molecule has 1 N–H and O–H groups in total. The summed E-state index contributed by atoms with van der Waals surface area (Å²) in [5.74, 6) is 1.08. The first-order valence-electron chi connectivity index (χ1n) is 16.7. The summed E-state index contributed by atoms with van der Waals surface area (Å²) in [7, 11) is 0. The van der Waals surface area contributed by atoms with Crippen molar-refractivity contribution >= 4 is 98.2 Å². The number of allylic oxidation sites excluding steroid dienone is 2. The van der Waals surface area contributed by atoms with Crippen molar-refractivity contribution in [3.05, 3.63) is 158 Å². The average Bonchev–Trinajstić information content (AvgIpc) is 3.69. The third-order valence-corrected chi connectivity index (χ3v) is 10.5. The van der Waals surface area contributed by atoms with E-state index >= 15 is 0 Å². The highest BCUT2D eigenvalue weighted by atomic mass is 15.2. The third kappa shape index (κ3) is 3.42. The third-order valence-electron chi connectivity index (χ3n) is 10.5. The maximum absolute atomic E-state index is 3.88. The minimum atomic E-state index is 0.701. The first-order valence-corrected chi connectivity index (χ1v) is 16.7. The van der Waals surface area contributed by atoms with Crippen LogP contribution in [0.25, 0.3) is 98.2 Å². The van der Waals surface area contributed by atoms with Crippen molar-refractivity contribution in [2.75, 3.05) is 6.54 Å². The standard InChI is InChI=1S/C45H29N3/c1-5-13-33-28(9-1)17-22-37-42(33)43-34-14-6-2-10-29(34)18-23-38(43)47(37)32-21-26-41(46-27-32)48-39-24-19-30-11-3-7-15-35(30)44(39)45-36-16-8-4-12-31(36)20-25-40(45)48/h1-26,46H,27H2. The first-order chi connectivity index (χ1) is 23.8. The van der Waals surface area contributed by atoms with Gasteiger partial charge in [0.15, 0.2) is 0 Å². The van der Waals surface area contributed by atoms with Gasteiger partial charge in [0.1, 0.15) is 5.82 Å². The molecular formula is C45H29N3. The second kappa shape index (κ2) is 9.60. The number of nitrogens with zero attached hydrogens (tertiary/aromatic N) is 2. The Bertz CT molecular complexity index is 2660. The molecule has 1 aliphatic rings. The predicted molar refractivity (Wildman–Crippen MR) is 205 cm³/mol. The summed E-state index contributed by atoms with van der Waals surface area (Å²) < 4.78 is 4.89. The number of nitrogens with one attached hydrogen (secondary N) is 1. The molecule has 0 radical (unpaired) electrons. The van der Waals surface area contributed by atoms with Crippen molar-refractivity contribution in [1.29, 1.82) is 0 Å². The van der Waals surface area contributed by atoms with Gasteiger partial charge in [-0.2, -0.15) is 0 Å². The van der Waals surface area contributed by atoms with Crippen molar-refractivity contribution in [1.82, 2.24) is 14.5 Å². The van der Waals surface area contributed by atoms with Crippen LogP contribution in [0.4, 0.5) is 0 Å². The highest BCUT2D eigenvalue weighted by molar-refractivity contribution is 6.30. The number of aromatic nitrogens is 2. The zero-order valence-corrected chi connectivity index (χ0v) is 26.1. The maximum atomic E-state index is 3.88. The van der Waals surface area contributed by atoms with E-state index in [1.54, 1.807) is 0 Å². The Kier molecular flexibility index (Phi) is 5.17. The van der Waals surface area contributed by atoms with Crippen LogP contribution in [0.3, 0.4) is 0 Å². The van der Waals surface area contributed by atoms with Gasteiger partial charge in [0.05, 0.1) is 28.6 Å². The van der Waals surface area contributed by atoms with Crippen molar-refractivity contribution in [3.63, 3.8) is 0 Å². The predicted octanol–water partition coefficient (Wildman–Crippen LogP) is 11.5. The highest BCUT2D eigenvalue weighted by Gasteiger charge is 2.22. The molecule has 0 unspecified atom stereocenters. The van der Waals surface area contributed by atoms with Gasteiger partial charge in [-0.05, 0) is 79.5 Å². The van der Waals surface area contributed by atoms with E-state index in [1.807, 2.05) is 0 Å². The SMILES string of the molecule is C1=C(n2c3ccc4ccccc4c3c3c4ccccc4ccc32)CNC(n2c3ccc4ccccc4c3c3c4ccccc4ccc32)=C1. The number of dihydropyridines is 1. The Balaban J connectivity index is 1.19. The van der Waals surface area contributed by atoms with Crippen LogP contribution < -0.4 is 5.32 Å². The molecule has 0 bridgehead atoms. The van der Waals surface area contributed by atoms with E-state index in [4.69, 9.17) is 0 Å². The van der Waals surface area contributed by atoms with E-state index in [1.165, 1.54) is 92.4 Å². The molecular weight excluding hydrogens is 583 g/mol. The molecule has 0 atom stereocenters. The summed E-state index contributed by atoms with van der Waals surface area (Å²) in [6.07, 6.45) is 4.58. The molecule has 3 heterocycles. The summed E-state index contributed by atoms with van der Waals surface area (Å²) in [6.45, 7) is 0.701. The fourth-order valence-electron chi connectivity index (χ4n) is 8.45. The largest absolute Gasteiger partial charge is 0.366 e. The van der Waals surface area contributed by atoms with Crippen LogP contribution in [0.1, 0.15) is 0 Å². The molecule has 224 valence electrons. The van der Waals surface area contributed by atoms with Gasteiger partial charge in [0, 0.05) is 27.2 Å². The molecule has 8 aromatic carbocycles. The van der Waals surface area contributed by atoms with Crippen LogP contribution >= 0.6 is 0 Å². The summed E-state index contributed by atoms with van der Waals surface area (Å²) >= 11 is 0. The number of hydrogen-bond acceptors (Lipinski definition) is 1. The Morgan fingerprint density at radius 3 is 1.06 bits per heavy atom. The van der Waals surface area contributed by atoms with E-state index in [-0.39, 0.29) is 0 Å². The van der Waals surface area contributed by atoms with Crippen LogP contribution in [0.15, 0.2) is 158 Å². The molecule has 0 amide bonds. The second-order valence-electron chi connectivity index (χ2n) is 13.0. The van der Waals surface area contributed by atoms with E-state index in [9.17, 15) is 0 Å². The molecule has 2 aromatic heterocycles. The lowest BCUT2D eigenvalue weighted by Gasteiger charge is -2.22. The molecule has 3 heteroatoms. The lowest BCUT2D eigenvalue weighted by molar-refractivity contribution is 0.902. The van der Waals surface area contributed by atoms with Crippen LogP contribution in [0.2, 0.25) is 0 Å². The summed E-state index contributed by atoms with van der Waals surface area (Å²) in [5.41, 5.74) is 6.12. The molecule has 0 fully saturated rings. The fourth-order valence-corrected chi connectivity index (χ4v) is 8.45. The number of fused-ring (bicyclic) bond motifs is 14. The van der Waals surface area contributed by atoms with Gasteiger partial charge in [-0.3, -0.25) is 4.57 Å². The van der Waals surface area contributed by atoms with Gasteiger partial charge in [-0.15, -0.1) is 0 Å². The first kappa shape index (κ1) is 25.8. The van der Waals surface area contributed by atoms with E-state index in [2.05, 4.69) is 172 Å².